The summed E-state index contributed by atoms with van der Waals surface area (Å²) >= 11 is 0. The maximum atomic E-state index is 11.9. The van der Waals surface area contributed by atoms with E-state index in [2.05, 4.69) is 0 Å². The lowest BCUT2D eigenvalue weighted by Gasteiger charge is -2.11. The maximum Gasteiger partial charge on any atom is 0.374 e. The molecule has 0 amide bonds. The Morgan fingerprint density at radius 2 is 1.78 bits per heavy atom. The third-order valence-corrected chi connectivity index (χ3v) is 2.51. The molecule has 0 spiro atoms. The molecule has 0 saturated carbocycles. The second kappa shape index (κ2) is 9.94. The highest BCUT2D eigenvalue weighted by Crippen LogP contribution is 2.22. The lowest BCUT2D eigenvalue weighted by Crippen LogP contribution is -2.15. The molecule has 0 N–H and O–H groups in total. The van der Waals surface area contributed by atoms with Crippen LogP contribution in [-0.4, -0.2) is 31.4 Å². The Labute approximate surface area is 134 Å². The fourth-order valence-corrected chi connectivity index (χ4v) is 1.60. The monoisotopic (exact) mass is 318 g/mol. The van der Waals surface area contributed by atoms with Gasteiger partial charge in [-0.3, -0.25) is 4.79 Å². The first kappa shape index (κ1) is 18.2. The smallest absolute Gasteiger partial charge is 0.374 e. The summed E-state index contributed by atoms with van der Waals surface area (Å²) in [4.78, 5) is 33.9. The van der Waals surface area contributed by atoms with Gasteiger partial charge in [-0.2, -0.15) is 0 Å². The lowest BCUT2D eigenvalue weighted by molar-refractivity contribution is -0.143. The highest BCUT2D eigenvalue weighted by molar-refractivity contribution is 5.95. The van der Waals surface area contributed by atoms with E-state index in [1.807, 2.05) is 0 Å². The van der Waals surface area contributed by atoms with Crippen molar-refractivity contribution in [1.29, 1.82) is 0 Å². The van der Waals surface area contributed by atoms with Crippen LogP contribution in [0.25, 0.3) is 6.08 Å². The number of allylic oxidation sites excluding steroid dienone is 1. The van der Waals surface area contributed by atoms with Gasteiger partial charge < -0.3 is 14.2 Å². The molecular formula is C17H18O6. The van der Waals surface area contributed by atoms with Crippen LogP contribution in [0.2, 0.25) is 0 Å². The molecule has 0 aliphatic carbocycles. The molecule has 1 aromatic rings. The molecule has 122 valence electrons. The Morgan fingerprint density at radius 1 is 1.09 bits per heavy atom. The second-order valence-corrected chi connectivity index (χ2v) is 4.12. The number of carbonyl (C=O) groups excluding carboxylic acids is 3. The van der Waals surface area contributed by atoms with Crippen molar-refractivity contribution < 1.29 is 28.6 Å². The van der Waals surface area contributed by atoms with E-state index in [-0.39, 0.29) is 19.0 Å². The van der Waals surface area contributed by atoms with Crippen LogP contribution in [-0.2, 0) is 23.9 Å². The van der Waals surface area contributed by atoms with E-state index in [4.69, 9.17) is 14.2 Å². The van der Waals surface area contributed by atoms with Crippen molar-refractivity contribution in [1.82, 2.24) is 0 Å². The van der Waals surface area contributed by atoms with Crippen molar-refractivity contribution in [2.75, 3.05) is 13.2 Å². The van der Waals surface area contributed by atoms with E-state index in [1.54, 1.807) is 38.1 Å². The molecular weight excluding hydrogens is 300 g/mol. The van der Waals surface area contributed by atoms with Crippen molar-refractivity contribution >= 4 is 24.3 Å². The van der Waals surface area contributed by atoms with Gasteiger partial charge in [0.2, 0.25) is 5.76 Å². The minimum Gasteiger partial charge on any atom is -0.463 e. The minimum absolute atomic E-state index is 0.134. The van der Waals surface area contributed by atoms with Gasteiger partial charge in [-0.05, 0) is 32.1 Å². The van der Waals surface area contributed by atoms with Crippen molar-refractivity contribution in [3.8, 4) is 5.75 Å². The molecule has 23 heavy (non-hydrogen) atoms. The molecule has 0 saturated heterocycles. The molecule has 6 heteroatoms. The quantitative estimate of drug-likeness (QED) is 0.317. The first-order valence-electron chi connectivity index (χ1n) is 7.06. The number of ether oxygens (including phenoxy) is 3. The molecule has 0 radical (unpaired) electrons. The zero-order valence-electron chi connectivity index (χ0n) is 13.0. The molecule has 1 rings (SSSR count). The van der Waals surface area contributed by atoms with E-state index in [0.717, 1.165) is 6.08 Å². The molecule has 0 fully saturated rings. The number of para-hydroxylation sites is 1. The largest absolute Gasteiger partial charge is 0.463 e. The molecule has 0 heterocycles. The van der Waals surface area contributed by atoms with Gasteiger partial charge in [0.1, 0.15) is 12.0 Å². The summed E-state index contributed by atoms with van der Waals surface area (Å²) in [5.74, 6) is -1.49. The average molecular weight is 318 g/mol. The summed E-state index contributed by atoms with van der Waals surface area (Å²) < 4.78 is 15.1. The van der Waals surface area contributed by atoms with Crippen molar-refractivity contribution in [2.24, 2.45) is 0 Å². The number of benzene rings is 1. The molecule has 0 bridgehead atoms. The van der Waals surface area contributed by atoms with Crippen molar-refractivity contribution in [3.63, 3.8) is 0 Å². The highest BCUT2D eigenvalue weighted by Gasteiger charge is 2.17. The van der Waals surface area contributed by atoms with E-state index < -0.39 is 11.9 Å². The van der Waals surface area contributed by atoms with Gasteiger partial charge >= 0.3 is 11.9 Å². The fraction of sp³-hybridized carbons (Fsp3) is 0.235. The van der Waals surface area contributed by atoms with Crippen molar-refractivity contribution in [2.45, 2.75) is 13.8 Å². The summed E-state index contributed by atoms with van der Waals surface area (Å²) in [6.07, 6.45) is 4.37. The van der Waals surface area contributed by atoms with Crippen LogP contribution in [0.15, 0.2) is 42.2 Å². The minimum atomic E-state index is -0.783. The third-order valence-electron chi connectivity index (χ3n) is 2.51. The molecule has 0 unspecified atom stereocenters. The standard InChI is InChI=1S/C17H18O6/c1-3-21-16(19)12-15(17(20)22-4-2)23-14-10-6-5-8-13(14)9-7-11-18/h5-12H,3-4H2,1-2H3/b9-7+,15-12+. The number of carbonyl (C=O) groups is 3. The average Bonchev–Trinajstić information content (AvgIpc) is 2.54. The Bertz CT molecular complexity index is 615. The van der Waals surface area contributed by atoms with Gasteiger partial charge in [0.15, 0.2) is 0 Å². The Balaban J connectivity index is 3.10. The molecule has 0 aliphatic heterocycles. The van der Waals surface area contributed by atoms with Crippen LogP contribution in [0.1, 0.15) is 19.4 Å². The zero-order valence-corrected chi connectivity index (χ0v) is 13.0. The molecule has 6 nitrogen and oxygen atoms in total. The first-order chi connectivity index (χ1) is 11.1. The number of rotatable bonds is 8. The predicted molar refractivity (Wildman–Crippen MR) is 83.5 cm³/mol. The van der Waals surface area contributed by atoms with Crippen LogP contribution in [0.5, 0.6) is 5.75 Å². The fourth-order valence-electron chi connectivity index (χ4n) is 1.60. The van der Waals surface area contributed by atoms with Crippen LogP contribution in [0.3, 0.4) is 0 Å². The van der Waals surface area contributed by atoms with E-state index >= 15 is 0 Å². The van der Waals surface area contributed by atoms with E-state index in [1.165, 1.54) is 12.2 Å². The summed E-state index contributed by atoms with van der Waals surface area (Å²) in [6.45, 7) is 3.59. The summed E-state index contributed by atoms with van der Waals surface area (Å²) in [6, 6.07) is 6.74. The second-order valence-electron chi connectivity index (χ2n) is 4.12. The predicted octanol–water partition coefficient (Wildman–Crippen LogP) is 2.29. The van der Waals surface area contributed by atoms with E-state index in [0.29, 0.717) is 17.6 Å². The van der Waals surface area contributed by atoms with Gasteiger partial charge in [0.25, 0.3) is 0 Å². The molecule has 0 aliphatic rings. The Hall–Kier alpha value is -2.89. The van der Waals surface area contributed by atoms with Crippen molar-refractivity contribution in [3.05, 3.63) is 47.7 Å². The molecule has 0 aromatic heterocycles. The number of aldehydes is 1. The van der Waals surface area contributed by atoms with Gasteiger partial charge in [0, 0.05) is 5.56 Å². The number of hydrogen-bond acceptors (Lipinski definition) is 6. The SMILES string of the molecule is CCOC(=O)/C=C(/Oc1ccccc1/C=C/C=O)C(=O)OCC. The van der Waals surface area contributed by atoms with E-state index in [9.17, 15) is 14.4 Å². The topological polar surface area (TPSA) is 78.9 Å². The summed E-state index contributed by atoms with van der Waals surface area (Å²) in [5, 5.41) is 0. The summed E-state index contributed by atoms with van der Waals surface area (Å²) in [5.41, 5.74) is 0.568. The highest BCUT2D eigenvalue weighted by atomic mass is 16.6. The van der Waals surface area contributed by atoms with Crippen LogP contribution in [0.4, 0.5) is 0 Å². The number of hydrogen-bond donors (Lipinski definition) is 0. The van der Waals surface area contributed by atoms with Gasteiger partial charge in [-0.25, -0.2) is 9.59 Å². The number of esters is 2. The Morgan fingerprint density at radius 3 is 2.43 bits per heavy atom. The molecule has 0 atom stereocenters. The van der Waals surface area contributed by atoms with Crippen LogP contribution >= 0.6 is 0 Å². The zero-order chi connectivity index (χ0) is 17.1. The summed E-state index contributed by atoms with van der Waals surface area (Å²) in [7, 11) is 0. The first-order valence-corrected chi connectivity index (χ1v) is 7.06. The lowest BCUT2D eigenvalue weighted by atomic mass is 10.2. The Kier molecular flexibility index (Phi) is 7.85. The maximum absolute atomic E-state index is 11.9. The normalized spacial score (nSPS) is 11.1. The van der Waals surface area contributed by atoms with Gasteiger partial charge in [-0.15, -0.1) is 0 Å². The third kappa shape index (κ3) is 6.17. The van der Waals surface area contributed by atoms with Crippen LogP contribution < -0.4 is 4.74 Å². The van der Waals surface area contributed by atoms with Gasteiger partial charge in [-0.1, -0.05) is 18.2 Å². The van der Waals surface area contributed by atoms with Crippen LogP contribution in [0, 0.1) is 0 Å². The van der Waals surface area contributed by atoms with Gasteiger partial charge in [0.05, 0.1) is 19.3 Å². The molecule has 1 aromatic carbocycles.